The summed E-state index contributed by atoms with van der Waals surface area (Å²) in [4.78, 5) is 25.0. The van der Waals surface area contributed by atoms with Crippen molar-refractivity contribution in [1.82, 2.24) is 19.6 Å². The fraction of sp³-hybridized carbons (Fsp3) is 0.545. The Kier molecular flexibility index (Phi) is 3.65. The molecule has 1 aromatic rings. The van der Waals surface area contributed by atoms with Gasteiger partial charge in [0, 0.05) is 5.56 Å². The van der Waals surface area contributed by atoms with Crippen LogP contribution in [-0.4, -0.2) is 36.9 Å². The Morgan fingerprint density at radius 3 is 2.60 bits per heavy atom. The van der Waals surface area contributed by atoms with E-state index in [0.717, 1.165) is 4.09 Å². The lowest BCUT2D eigenvalue weighted by Gasteiger charge is -2.24. The van der Waals surface area contributed by atoms with Gasteiger partial charge < -0.3 is 4.74 Å². The number of ether oxygens (including phenoxy) is 1. The van der Waals surface area contributed by atoms with E-state index in [0.29, 0.717) is 11.3 Å². The molecule has 0 spiro atoms. The second kappa shape index (κ2) is 4.98. The minimum absolute atomic E-state index is 0.108. The first-order valence-electron chi connectivity index (χ1n) is 5.95. The zero-order valence-electron chi connectivity index (χ0n) is 11.4. The Balaban J connectivity index is 2.18. The average Bonchev–Trinajstić information content (AvgIpc) is 2.82. The van der Waals surface area contributed by atoms with E-state index in [4.69, 9.17) is 9.94 Å². The average molecular weight is 300 g/mol. The monoisotopic (exact) mass is 300 g/mol. The van der Waals surface area contributed by atoms with Crippen molar-refractivity contribution in [2.45, 2.75) is 39.5 Å². The van der Waals surface area contributed by atoms with Crippen LogP contribution >= 0.6 is 12.8 Å². The molecule has 0 saturated heterocycles. The summed E-state index contributed by atoms with van der Waals surface area (Å²) in [6, 6.07) is 0. The maximum atomic E-state index is 12.0. The van der Waals surface area contributed by atoms with Crippen molar-refractivity contribution in [3.05, 3.63) is 17.0 Å². The Hall–Kier alpha value is -1.74. The summed E-state index contributed by atoms with van der Waals surface area (Å²) in [7, 11) is 0. The number of fused-ring (bicyclic) bond motifs is 1. The molecule has 0 atom stereocenters. The van der Waals surface area contributed by atoms with E-state index in [1.165, 1.54) is 10.4 Å². The Morgan fingerprint density at radius 1 is 1.40 bits per heavy atom. The van der Waals surface area contributed by atoms with Gasteiger partial charge in [0.1, 0.15) is 11.3 Å². The number of nitrogens with zero attached hydrogens (tertiary/aromatic N) is 3. The molecule has 2 N–H and O–H groups in total. The van der Waals surface area contributed by atoms with Crippen LogP contribution in [0.4, 0.5) is 4.79 Å². The summed E-state index contributed by atoms with van der Waals surface area (Å²) >= 11 is 4.02. The van der Waals surface area contributed by atoms with Crippen molar-refractivity contribution in [1.29, 1.82) is 0 Å². The van der Waals surface area contributed by atoms with Gasteiger partial charge in [-0.15, -0.1) is 0 Å². The standard InChI is InChI=1S/C11H16N4O4S/c1-11(2,3)19-10(17)14-4-6-7(5-14)12-15(20)8(6)9(16)13-18/h18,20H,4-5H2,1-3H3,(H,13,16). The topological polar surface area (TPSA) is 96.7 Å². The molecule has 1 aromatic heterocycles. The highest BCUT2D eigenvalue weighted by atomic mass is 32.1. The van der Waals surface area contributed by atoms with Crippen LogP contribution in [0, 0.1) is 0 Å². The maximum Gasteiger partial charge on any atom is 0.410 e. The maximum absolute atomic E-state index is 12.0. The molecular formula is C11H16N4O4S. The fourth-order valence-corrected chi connectivity index (χ4v) is 2.26. The molecular weight excluding hydrogens is 284 g/mol. The number of rotatable bonds is 1. The largest absolute Gasteiger partial charge is 0.444 e. The zero-order valence-corrected chi connectivity index (χ0v) is 12.3. The number of hydroxylamine groups is 1. The Bertz CT molecular complexity index is 564. The van der Waals surface area contributed by atoms with Crippen LogP contribution in [0.25, 0.3) is 0 Å². The first-order valence-corrected chi connectivity index (χ1v) is 6.35. The summed E-state index contributed by atoms with van der Waals surface area (Å²) in [6.07, 6.45) is -0.475. The molecule has 2 rings (SSSR count). The summed E-state index contributed by atoms with van der Waals surface area (Å²) in [5.41, 5.74) is 2.17. The highest BCUT2D eigenvalue weighted by Gasteiger charge is 2.34. The van der Waals surface area contributed by atoms with E-state index >= 15 is 0 Å². The van der Waals surface area contributed by atoms with E-state index in [2.05, 4.69) is 17.9 Å². The van der Waals surface area contributed by atoms with E-state index < -0.39 is 17.6 Å². The van der Waals surface area contributed by atoms with Crippen molar-refractivity contribution in [3.8, 4) is 0 Å². The molecule has 0 radical (unpaired) electrons. The summed E-state index contributed by atoms with van der Waals surface area (Å²) in [5, 5.41) is 12.8. The number of carbonyl (C=O) groups excluding carboxylic acids is 2. The minimum Gasteiger partial charge on any atom is -0.444 e. The van der Waals surface area contributed by atoms with E-state index in [1.807, 2.05) is 0 Å². The van der Waals surface area contributed by atoms with E-state index in [-0.39, 0.29) is 18.8 Å². The van der Waals surface area contributed by atoms with Gasteiger partial charge in [0.05, 0.1) is 18.8 Å². The third-order valence-electron chi connectivity index (χ3n) is 2.71. The molecule has 8 nitrogen and oxygen atoms in total. The lowest BCUT2D eigenvalue weighted by Crippen LogP contribution is -2.34. The normalized spacial score (nSPS) is 14.2. The second-order valence-corrected chi connectivity index (χ2v) is 5.82. The molecule has 20 heavy (non-hydrogen) atoms. The van der Waals surface area contributed by atoms with E-state index in [1.54, 1.807) is 20.8 Å². The van der Waals surface area contributed by atoms with E-state index in [9.17, 15) is 9.59 Å². The van der Waals surface area contributed by atoms with Gasteiger partial charge in [-0.1, -0.05) is 0 Å². The van der Waals surface area contributed by atoms with Crippen molar-refractivity contribution in [2.24, 2.45) is 0 Å². The van der Waals surface area contributed by atoms with Crippen LogP contribution in [0.2, 0.25) is 0 Å². The van der Waals surface area contributed by atoms with Crippen molar-refractivity contribution >= 4 is 24.8 Å². The lowest BCUT2D eigenvalue weighted by molar-refractivity contribution is 0.0238. The Morgan fingerprint density at radius 2 is 2.05 bits per heavy atom. The lowest BCUT2D eigenvalue weighted by atomic mass is 10.2. The molecule has 0 aliphatic carbocycles. The van der Waals surface area contributed by atoms with Crippen molar-refractivity contribution < 1.29 is 19.5 Å². The molecule has 0 aromatic carbocycles. The van der Waals surface area contributed by atoms with Gasteiger partial charge in [-0.3, -0.25) is 14.9 Å². The second-order valence-electron chi connectivity index (χ2n) is 5.44. The van der Waals surface area contributed by atoms with Gasteiger partial charge in [-0.05, 0) is 33.6 Å². The SMILES string of the molecule is CC(C)(C)OC(=O)N1Cc2nn(S)c(C(=O)NO)c2C1. The predicted molar refractivity (Wildman–Crippen MR) is 71.3 cm³/mol. The zero-order chi connectivity index (χ0) is 15.1. The van der Waals surface area contributed by atoms with Gasteiger partial charge in [-0.25, -0.2) is 14.4 Å². The quantitative estimate of drug-likeness (QED) is 0.407. The molecule has 0 saturated carbocycles. The van der Waals surface area contributed by atoms with Crippen LogP contribution in [0.1, 0.15) is 42.5 Å². The van der Waals surface area contributed by atoms with Crippen molar-refractivity contribution in [2.75, 3.05) is 0 Å². The predicted octanol–water partition coefficient (Wildman–Crippen LogP) is 0.946. The molecule has 2 heterocycles. The Labute approximate surface area is 121 Å². The number of thiol groups is 1. The highest BCUT2D eigenvalue weighted by molar-refractivity contribution is 7.78. The van der Waals surface area contributed by atoms with Crippen LogP contribution in [-0.2, 0) is 17.8 Å². The number of nitrogens with one attached hydrogen (secondary N) is 1. The molecule has 9 heteroatoms. The minimum atomic E-state index is -0.722. The van der Waals surface area contributed by atoms with Crippen molar-refractivity contribution in [3.63, 3.8) is 0 Å². The smallest absolute Gasteiger partial charge is 0.410 e. The molecule has 1 aliphatic rings. The highest BCUT2D eigenvalue weighted by Crippen LogP contribution is 2.27. The first-order chi connectivity index (χ1) is 9.23. The molecule has 2 amide bonds. The first kappa shape index (κ1) is 14.7. The van der Waals surface area contributed by atoms with Crippen LogP contribution in [0.15, 0.2) is 0 Å². The van der Waals surface area contributed by atoms with Crippen LogP contribution < -0.4 is 5.48 Å². The molecule has 0 unspecified atom stereocenters. The summed E-state index contributed by atoms with van der Waals surface area (Å²) < 4.78 is 6.35. The third kappa shape index (κ3) is 2.73. The molecule has 1 aliphatic heterocycles. The van der Waals surface area contributed by atoms with Gasteiger partial charge in [-0.2, -0.15) is 5.10 Å². The van der Waals surface area contributed by atoms with Gasteiger partial charge in [0.25, 0.3) is 5.91 Å². The van der Waals surface area contributed by atoms with Gasteiger partial charge in [0.15, 0.2) is 0 Å². The number of hydrogen-bond donors (Lipinski definition) is 3. The summed E-state index contributed by atoms with van der Waals surface area (Å²) in [6.45, 7) is 5.76. The fourth-order valence-electron chi connectivity index (χ4n) is 1.94. The third-order valence-corrected chi connectivity index (χ3v) is 3.00. The van der Waals surface area contributed by atoms with Gasteiger partial charge in [0.2, 0.25) is 0 Å². The number of hydrogen-bond acceptors (Lipinski definition) is 6. The number of aromatic nitrogens is 2. The van der Waals surface area contributed by atoms with Crippen LogP contribution in [0.5, 0.6) is 0 Å². The summed E-state index contributed by atoms with van der Waals surface area (Å²) in [5.74, 6) is -0.722. The molecule has 0 fully saturated rings. The molecule has 110 valence electrons. The van der Waals surface area contributed by atoms with Crippen LogP contribution in [0.3, 0.4) is 0 Å². The van der Waals surface area contributed by atoms with Gasteiger partial charge >= 0.3 is 6.09 Å². The number of carbonyl (C=O) groups is 2. The molecule has 0 bridgehead atoms. The number of amides is 2.